The standard InChI is InChI=1S/C25H26N4O6/c1-29-13-19(23(30)26-12-11-21(34-2)24(31)32)22(28-29)27-25(33)35-14-20-17-9-5-3-7-15(17)16-8-4-6-10-18(16)20/h3-10,13,20-21H,11-12,14H2,1-2H3,(H,26,30)(H,31,32)(H,27,28,33). The number of hydrogen-bond donors (Lipinski definition) is 3. The number of carboxylic acid groups (broad SMARTS) is 1. The number of nitrogens with zero attached hydrogens (tertiary/aromatic N) is 2. The Bertz CT molecular complexity index is 1210. The number of carbonyl (C=O) groups is 3. The zero-order chi connectivity index (χ0) is 24.9. The Hall–Kier alpha value is -4.18. The number of fused-ring (bicyclic) bond motifs is 3. The quantitative estimate of drug-likeness (QED) is 0.431. The summed E-state index contributed by atoms with van der Waals surface area (Å²) < 4.78 is 11.8. The lowest BCUT2D eigenvalue weighted by Crippen LogP contribution is -2.31. The second-order valence-corrected chi connectivity index (χ2v) is 8.12. The van der Waals surface area contributed by atoms with E-state index in [1.54, 1.807) is 7.05 Å². The first-order valence-corrected chi connectivity index (χ1v) is 11.1. The fraction of sp³-hybridized carbons (Fsp3) is 0.280. The molecule has 1 aliphatic rings. The van der Waals surface area contributed by atoms with Gasteiger partial charge in [0.2, 0.25) is 0 Å². The fourth-order valence-corrected chi connectivity index (χ4v) is 4.23. The average Bonchev–Trinajstić information content (AvgIpc) is 3.37. The highest BCUT2D eigenvalue weighted by molar-refractivity contribution is 6.01. The SMILES string of the molecule is COC(CCNC(=O)c1cn(C)nc1NC(=O)OCC1c2ccccc2-c2ccccc21)C(=O)O. The first kappa shape index (κ1) is 24.0. The van der Waals surface area contributed by atoms with E-state index in [2.05, 4.69) is 27.9 Å². The number of hydrogen-bond acceptors (Lipinski definition) is 6. The average molecular weight is 479 g/mol. The third kappa shape index (κ3) is 5.17. The van der Waals surface area contributed by atoms with Crippen LogP contribution >= 0.6 is 0 Å². The molecule has 10 nitrogen and oxygen atoms in total. The third-order valence-electron chi connectivity index (χ3n) is 5.89. The molecule has 1 aromatic heterocycles. The van der Waals surface area contributed by atoms with Crippen LogP contribution in [0.25, 0.3) is 11.1 Å². The van der Waals surface area contributed by atoms with Crippen LogP contribution in [0, 0.1) is 0 Å². The Labute approximate surface area is 201 Å². The Kier molecular flexibility index (Phi) is 7.11. The number of methoxy groups -OCH3 is 1. The minimum Gasteiger partial charge on any atom is -0.479 e. The summed E-state index contributed by atoms with van der Waals surface area (Å²) in [7, 11) is 2.91. The van der Waals surface area contributed by atoms with Gasteiger partial charge < -0.3 is 19.9 Å². The molecule has 2 amide bonds. The van der Waals surface area contributed by atoms with E-state index in [-0.39, 0.29) is 36.9 Å². The molecule has 182 valence electrons. The second kappa shape index (κ2) is 10.4. The third-order valence-corrected chi connectivity index (χ3v) is 5.89. The minimum absolute atomic E-state index is 0.0451. The van der Waals surface area contributed by atoms with Crippen LogP contribution in [0.4, 0.5) is 10.6 Å². The van der Waals surface area contributed by atoms with Gasteiger partial charge in [-0.05, 0) is 22.3 Å². The van der Waals surface area contributed by atoms with Gasteiger partial charge in [0.05, 0.1) is 0 Å². The lowest BCUT2D eigenvalue weighted by Gasteiger charge is -2.14. The Morgan fingerprint density at radius 3 is 2.31 bits per heavy atom. The summed E-state index contributed by atoms with van der Waals surface area (Å²) in [6, 6.07) is 16.1. The topological polar surface area (TPSA) is 132 Å². The number of aryl methyl sites for hydroxylation is 1. The predicted molar refractivity (Wildman–Crippen MR) is 127 cm³/mol. The van der Waals surface area contributed by atoms with Crippen LogP contribution in [0.5, 0.6) is 0 Å². The zero-order valence-corrected chi connectivity index (χ0v) is 19.4. The molecular formula is C25H26N4O6. The van der Waals surface area contributed by atoms with Crippen LogP contribution in [0.15, 0.2) is 54.7 Å². The number of ether oxygens (including phenoxy) is 2. The van der Waals surface area contributed by atoms with E-state index in [9.17, 15) is 14.4 Å². The normalized spacial score (nSPS) is 13.0. The number of amides is 2. The van der Waals surface area contributed by atoms with Crippen LogP contribution in [-0.4, -0.2) is 59.2 Å². The van der Waals surface area contributed by atoms with Crippen LogP contribution < -0.4 is 10.6 Å². The number of anilines is 1. The van der Waals surface area contributed by atoms with Gasteiger partial charge in [-0.1, -0.05) is 48.5 Å². The number of aromatic nitrogens is 2. The van der Waals surface area contributed by atoms with Crippen molar-refractivity contribution in [3.63, 3.8) is 0 Å². The smallest absolute Gasteiger partial charge is 0.412 e. The van der Waals surface area contributed by atoms with Gasteiger partial charge in [0.15, 0.2) is 11.9 Å². The molecule has 3 N–H and O–H groups in total. The van der Waals surface area contributed by atoms with Crippen LogP contribution in [0.3, 0.4) is 0 Å². The molecule has 10 heteroatoms. The van der Waals surface area contributed by atoms with Gasteiger partial charge in [0.1, 0.15) is 12.2 Å². The molecule has 35 heavy (non-hydrogen) atoms. The van der Waals surface area contributed by atoms with Crippen molar-refractivity contribution in [2.45, 2.75) is 18.4 Å². The molecular weight excluding hydrogens is 452 g/mol. The summed E-state index contributed by atoms with van der Waals surface area (Å²) >= 11 is 0. The lowest BCUT2D eigenvalue weighted by atomic mass is 9.98. The number of carboxylic acids is 1. The highest BCUT2D eigenvalue weighted by atomic mass is 16.5. The molecule has 2 aromatic carbocycles. The molecule has 0 saturated heterocycles. The lowest BCUT2D eigenvalue weighted by molar-refractivity contribution is -0.148. The maximum absolute atomic E-state index is 12.6. The molecule has 0 saturated carbocycles. The second-order valence-electron chi connectivity index (χ2n) is 8.12. The van der Waals surface area contributed by atoms with Gasteiger partial charge in [0.25, 0.3) is 5.91 Å². The van der Waals surface area contributed by atoms with Gasteiger partial charge in [-0.15, -0.1) is 0 Å². The van der Waals surface area contributed by atoms with Crippen molar-refractivity contribution in [1.82, 2.24) is 15.1 Å². The minimum atomic E-state index is -1.11. The van der Waals surface area contributed by atoms with E-state index in [4.69, 9.17) is 14.6 Å². The summed E-state index contributed by atoms with van der Waals surface area (Å²) in [4.78, 5) is 36.2. The molecule has 0 fully saturated rings. The van der Waals surface area contributed by atoms with Crippen LogP contribution in [-0.2, 0) is 21.3 Å². The Morgan fingerprint density at radius 2 is 1.71 bits per heavy atom. The molecule has 1 atom stereocenters. The van der Waals surface area contributed by atoms with Crippen molar-refractivity contribution in [3.8, 4) is 11.1 Å². The van der Waals surface area contributed by atoms with E-state index in [0.29, 0.717) is 0 Å². The molecule has 0 aliphatic heterocycles. The Balaban J connectivity index is 1.38. The summed E-state index contributed by atoms with van der Waals surface area (Å²) in [5, 5.41) is 18.3. The zero-order valence-electron chi connectivity index (χ0n) is 19.4. The molecule has 4 rings (SSSR count). The van der Waals surface area contributed by atoms with Crippen LogP contribution in [0.2, 0.25) is 0 Å². The number of benzene rings is 2. The van der Waals surface area contributed by atoms with E-state index in [0.717, 1.165) is 22.3 Å². The first-order chi connectivity index (χ1) is 16.9. The van der Waals surface area contributed by atoms with Gasteiger partial charge in [-0.25, -0.2) is 9.59 Å². The molecule has 1 aliphatic carbocycles. The highest BCUT2D eigenvalue weighted by Gasteiger charge is 2.29. The molecule has 3 aromatic rings. The number of aliphatic carboxylic acids is 1. The maximum Gasteiger partial charge on any atom is 0.412 e. The molecule has 0 bridgehead atoms. The number of carbonyl (C=O) groups excluding carboxylic acids is 2. The molecule has 1 unspecified atom stereocenters. The van der Waals surface area contributed by atoms with Crippen molar-refractivity contribution < 1.29 is 29.0 Å². The van der Waals surface area contributed by atoms with Crippen molar-refractivity contribution in [2.24, 2.45) is 7.05 Å². The first-order valence-electron chi connectivity index (χ1n) is 11.1. The Morgan fingerprint density at radius 1 is 1.09 bits per heavy atom. The van der Waals surface area contributed by atoms with Crippen LogP contribution in [0.1, 0.15) is 33.8 Å². The van der Waals surface area contributed by atoms with Crippen molar-refractivity contribution in [3.05, 3.63) is 71.4 Å². The van der Waals surface area contributed by atoms with E-state index < -0.39 is 24.1 Å². The van der Waals surface area contributed by atoms with Gasteiger partial charge in [-0.3, -0.25) is 14.8 Å². The largest absolute Gasteiger partial charge is 0.479 e. The maximum atomic E-state index is 12.6. The van der Waals surface area contributed by atoms with Gasteiger partial charge >= 0.3 is 12.1 Å². The number of nitrogens with one attached hydrogen (secondary N) is 2. The monoisotopic (exact) mass is 478 g/mol. The highest BCUT2D eigenvalue weighted by Crippen LogP contribution is 2.44. The summed E-state index contributed by atoms with van der Waals surface area (Å²) in [5.41, 5.74) is 4.56. The van der Waals surface area contributed by atoms with Gasteiger partial charge in [-0.2, -0.15) is 5.10 Å². The number of rotatable bonds is 9. The van der Waals surface area contributed by atoms with Crippen molar-refractivity contribution in [2.75, 3.05) is 25.6 Å². The fourth-order valence-electron chi connectivity index (χ4n) is 4.23. The predicted octanol–water partition coefficient (Wildman–Crippen LogP) is 3.00. The summed E-state index contributed by atoms with van der Waals surface area (Å²) in [6.07, 6.45) is -0.209. The molecule has 0 spiro atoms. The van der Waals surface area contributed by atoms with E-state index >= 15 is 0 Å². The van der Waals surface area contributed by atoms with Crippen molar-refractivity contribution >= 4 is 23.8 Å². The van der Waals surface area contributed by atoms with Crippen molar-refractivity contribution in [1.29, 1.82) is 0 Å². The molecule has 0 radical (unpaired) electrons. The van der Waals surface area contributed by atoms with E-state index in [1.807, 2.05) is 36.4 Å². The molecule has 1 heterocycles. The van der Waals surface area contributed by atoms with Gasteiger partial charge in [0, 0.05) is 39.2 Å². The summed E-state index contributed by atoms with van der Waals surface area (Å²) in [5.74, 6) is -1.67. The summed E-state index contributed by atoms with van der Waals surface area (Å²) in [6.45, 7) is 0.199. The van der Waals surface area contributed by atoms with E-state index in [1.165, 1.54) is 18.0 Å².